The largest absolute Gasteiger partial charge is 0.366 e. The van der Waals surface area contributed by atoms with Gasteiger partial charge in [0.15, 0.2) is 0 Å². The van der Waals surface area contributed by atoms with E-state index in [2.05, 4.69) is 27.1 Å². The third kappa shape index (κ3) is 4.32. The summed E-state index contributed by atoms with van der Waals surface area (Å²) in [6, 6.07) is 18.4. The molecule has 0 radical (unpaired) electrons. The number of hydrogen-bond acceptors (Lipinski definition) is 4. The Kier molecular flexibility index (Phi) is 5.23. The van der Waals surface area contributed by atoms with Crippen LogP contribution in [-0.2, 0) is 6.54 Å². The van der Waals surface area contributed by atoms with E-state index in [1.54, 1.807) is 12.1 Å². The number of aromatic nitrogens is 2. The molecule has 0 fully saturated rings. The molecule has 0 saturated heterocycles. The molecule has 3 aromatic rings. The van der Waals surface area contributed by atoms with Crippen LogP contribution in [0.15, 0.2) is 60.7 Å². The average Bonchev–Trinajstić information content (AvgIpc) is 2.62. The lowest BCUT2D eigenvalue weighted by molar-refractivity contribution is 0.627. The minimum Gasteiger partial charge on any atom is -0.366 e. The van der Waals surface area contributed by atoms with Gasteiger partial charge in [0, 0.05) is 30.5 Å². The molecule has 3 rings (SSSR count). The van der Waals surface area contributed by atoms with Crippen LogP contribution in [0.3, 0.4) is 0 Å². The Labute approximate surface area is 147 Å². The van der Waals surface area contributed by atoms with E-state index in [1.165, 1.54) is 12.1 Å². The first-order valence-corrected chi connectivity index (χ1v) is 8.32. The van der Waals surface area contributed by atoms with Crippen LogP contribution in [0, 0.1) is 12.7 Å². The number of benzene rings is 2. The lowest BCUT2D eigenvalue weighted by Crippen LogP contribution is -2.19. The van der Waals surface area contributed by atoms with Crippen LogP contribution in [-0.4, -0.2) is 16.5 Å². The van der Waals surface area contributed by atoms with Crippen LogP contribution in [0.5, 0.6) is 0 Å². The van der Waals surface area contributed by atoms with Gasteiger partial charge in [0.1, 0.15) is 11.6 Å². The summed E-state index contributed by atoms with van der Waals surface area (Å²) in [6.45, 7) is 5.37. The number of para-hydroxylation sites is 1. The second-order valence-corrected chi connectivity index (χ2v) is 5.75. The fourth-order valence-electron chi connectivity index (χ4n) is 2.61. The summed E-state index contributed by atoms with van der Waals surface area (Å²) in [5, 5.41) is 3.29. The smallest absolute Gasteiger partial charge is 0.232 e. The van der Waals surface area contributed by atoms with Crippen LogP contribution in [0.2, 0.25) is 0 Å². The van der Waals surface area contributed by atoms with Gasteiger partial charge in [-0.15, -0.1) is 0 Å². The molecular weight excluding hydrogens is 315 g/mol. The Balaban J connectivity index is 1.81. The maximum absolute atomic E-state index is 13.0. The molecule has 1 heterocycles. The SMILES string of the molecule is CCN(c1ccccc1)c1nc(C)cc(NCc2ccc(F)cc2)n1. The number of halogens is 1. The maximum atomic E-state index is 13.0. The lowest BCUT2D eigenvalue weighted by Gasteiger charge is -2.22. The molecule has 0 saturated carbocycles. The summed E-state index contributed by atoms with van der Waals surface area (Å²) < 4.78 is 13.0. The van der Waals surface area contributed by atoms with E-state index in [-0.39, 0.29) is 5.82 Å². The monoisotopic (exact) mass is 336 g/mol. The molecule has 0 bridgehead atoms. The van der Waals surface area contributed by atoms with Crippen molar-refractivity contribution in [2.45, 2.75) is 20.4 Å². The molecule has 0 atom stereocenters. The molecule has 1 N–H and O–H groups in total. The van der Waals surface area contributed by atoms with Gasteiger partial charge in [0.05, 0.1) is 0 Å². The van der Waals surface area contributed by atoms with Crippen LogP contribution in [0.1, 0.15) is 18.2 Å². The Morgan fingerprint density at radius 2 is 1.72 bits per heavy atom. The van der Waals surface area contributed by atoms with E-state index < -0.39 is 0 Å². The van der Waals surface area contributed by atoms with E-state index in [1.807, 2.05) is 43.3 Å². The number of anilines is 3. The molecule has 5 heteroatoms. The zero-order chi connectivity index (χ0) is 17.6. The van der Waals surface area contributed by atoms with Crippen LogP contribution in [0.25, 0.3) is 0 Å². The van der Waals surface area contributed by atoms with Gasteiger partial charge in [-0.25, -0.2) is 9.37 Å². The van der Waals surface area contributed by atoms with Crippen molar-refractivity contribution in [3.05, 3.63) is 77.7 Å². The van der Waals surface area contributed by atoms with Crippen LogP contribution in [0.4, 0.5) is 21.8 Å². The summed E-state index contributed by atoms with van der Waals surface area (Å²) in [4.78, 5) is 11.3. The molecule has 0 aliphatic carbocycles. The molecule has 0 spiro atoms. The second kappa shape index (κ2) is 7.75. The number of nitrogens with zero attached hydrogens (tertiary/aromatic N) is 3. The van der Waals surface area contributed by atoms with Gasteiger partial charge in [-0.2, -0.15) is 4.98 Å². The summed E-state index contributed by atoms with van der Waals surface area (Å²) in [5.41, 5.74) is 2.94. The molecule has 0 aliphatic rings. The molecule has 128 valence electrons. The fraction of sp³-hybridized carbons (Fsp3) is 0.200. The highest BCUT2D eigenvalue weighted by Crippen LogP contribution is 2.23. The van der Waals surface area contributed by atoms with E-state index in [9.17, 15) is 4.39 Å². The number of rotatable bonds is 6. The molecule has 25 heavy (non-hydrogen) atoms. The van der Waals surface area contributed by atoms with Gasteiger partial charge < -0.3 is 10.2 Å². The molecule has 0 unspecified atom stereocenters. The van der Waals surface area contributed by atoms with Gasteiger partial charge in [-0.3, -0.25) is 0 Å². The van der Waals surface area contributed by atoms with Crippen molar-refractivity contribution in [3.63, 3.8) is 0 Å². The van der Waals surface area contributed by atoms with Gasteiger partial charge in [-0.05, 0) is 43.7 Å². The zero-order valence-electron chi connectivity index (χ0n) is 14.4. The van der Waals surface area contributed by atoms with E-state index in [0.29, 0.717) is 12.5 Å². The van der Waals surface area contributed by atoms with E-state index in [4.69, 9.17) is 0 Å². The van der Waals surface area contributed by atoms with Gasteiger partial charge >= 0.3 is 0 Å². The van der Waals surface area contributed by atoms with Crippen molar-refractivity contribution in [3.8, 4) is 0 Å². The van der Waals surface area contributed by atoms with E-state index in [0.717, 1.165) is 29.3 Å². The highest BCUT2D eigenvalue weighted by Gasteiger charge is 2.11. The molecule has 1 aromatic heterocycles. The van der Waals surface area contributed by atoms with Crippen molar-refractivity contribution in [2.75, 3.05) is 16.8 Å². The number of aryl methyl sites for hydroxylation is 1. The predicted octanol–water partition coefficient (Wildman–Crippen LogP) is 4.69. The third-order valence-electron chi connectivity index (χ3n) is 3.85. The minimum atomic E-state index is -0.231. The number of hydrogen-bond donors (Lipinski definition) is 1. The zero-order valence-corrected chi connectivity index (χ0v) is 14.4. The first-order chi connectivity index (χ1) is 12.2. The van der Waals surface area contributed by atoms with Crippen molar-refractivity contribution in [1.82, 2.24) is 9.97 Å². The Morgan fingerprint density at radius 1 is 1.00 bits per heavy atom. The fourth-order valence-corrected chi connectivity index (χ4v) is 2.61. The third-order valence-corrected chi connectivity index (χ3v) is 3.85. The predicted molar refractivity (Wildman–Crippen MR) is 99.6 cm³/mol. The topological polar surface area (TPSA) is 41.1 Å². The van der Waals surface area contributed by atoms with Crippen LogP contribution >= 0.6 is 0 Å². The molecular formula is C20H21FN4. The van der Waals surface area contributed by atoms with E-state index >= 15 is 0 Å². The summed E-state index contributed by atoms with van der Waals surface area (Å²) in [6.07, 6.45) is 0. The number of nitrogens with one attached hydrogen (secondary N) is 1. The lowest BCUT2D eigenvalue weighted by atomic mass is 10.2. The van der Waals surface area contributed by atoms with Crippen molar-refractivity contribution in [1.29, 1.82) is 0 Å². The van der Waals surface area contributed by atoms with Crippen molar-refractivity contribution in [2.24, 2.45) is 0 Å². The van der Waals surface area contributed by atoms with Gasteiger partial charge in [0.2, 0.25) is 5.95 Å². The summed E-state index contributed by atoms with van der Waals surface area (Å²) in [5.74, 6) is 1.18. The van der Waals surface area contributed by atoms with Crippen molar-refractivity contribution < 1.29 is 4.39 Å². The second-order valence-electron chi connectivity index (χ2n) is 5.75. The quantitative estimate of drug-likeness (QED) is 0.709. The Morgan fingerprint density at radius 3 is 2.40 bits per heavy atom. The molecule has 2 aromatic carbocycles. The van der Waals surface area contributed by atoms with Crippen molar-refractivity contribution >= 4 is 17.5 Å². The molecule has 0 amide bonds. The highest BCUT2D eigenvalue weighted by atomic mass is 19.1. The first-order valence-electron chi connectivity index (χ1n) is 8.32. The van der Waals surface area contributed by atoms with Gasteiger partial charge in [-0.1, -0.05) is 30.3 Å². The summed E-state index contributed by atoms with van der Waals surface area (Å²) >= 11 is 0. The maximum Gasteiger partial charge on any atom is 0.232 e. The Hall–Kier alpha value is -2.95. The normalized spacial score (nSPS) is 10.5. The molecule has 4 nitrogen and oxygen atoms in total. The first kappa shape index (κ1) is 16.9. The van der Waals surface area contributed by atoms with Crippen LogP contribution < -0.4 is 10.2 Å². The highest BCUT2D eigenvalue weighted by molar-refractivity contribution is 5.58. The van der Waals surface area contributed by atoms with Gasteiger partial charge in [0.25, 0.3) is 0 Å². The minimum absolute atomic E-state index is 0.231. The molecule has 0 aliphatic heterocycles. The Bertz CT molecular complexity index is 819. The average molecular weight is 336 g/mol. The standard InChI is InChI=1S/C20H21FN4/c1-3-25(18-7-5-4-6-8-18)20-23-15(2)13-19(24-20)22-14-16-9-11-17(21)12-10-16/h4-13H,3,14H2,1-2H3,(H,22,23,24). The summed E-state index contributed by atoms with van der Waals surface area (Å²) in [7, 11) is 0.